The van der Waals surface area contributed by atoms with Gasteiger partial charge in [-0.25, -0.2) is 4.39 Å². The van der Waals surface area contributed by atoms with E-state index in [1.54, 1.807) is 24.3 Å². The van der Waals surface area contributed by atoms with Crippen LogP contribution in [0, 0.1) is 5.82 Å². The molecular formula is C12H8Cl2FN. The van der Waals surface area contributed by atoms with E-state index in [1.807, 2.05) is 0 Å². The van der Waals surface area contributed by atoms with Crippen molar-refractivity contribution in [3.05, 3.63) is 52.3 Å². The first-order valence-electron chi connectivity index (χ1n) is 4.58. The van der Waals surface area contributed by atoms with Gasteiger partial charge in [0.25, 0.3) is 0 Å². The molecule has 0 amide bonds. The van der Waals surface area contributed by atoms with Crippen LogP contribution in [0.15, 0.2) is 36.4 Å². The molecule has 0 atom stereocenters. The molecular weight excluding hydrogens is 248 g/mol. The van der Waals surface area contributed by atoms with Crippen LogP contribution in [-0.2, 0) is 0 Å². The van der Waals surface area contributed by atoms with Crippen molar-refractivity contribution in [2.24, 2.45) is 0 Å². The molecule has 0 saturated heterocycles. The standard InChI is InChI=1S/C12H8Cl2FN/c13-11-5-7(15)1-3-9(11)10-4-2-8(16)6-12(10)14/h1-6H,16H2. The Balaban J connectivity index is 2.59. The molecule has 0 saturated carbocycles. The van der Waals surface area contributed by atoms with Gasteiger partial charge in [0.05, 0.1) is 10.0 Å². The van der Waals surface area contributed by atoms with Crippen LogP contribution >= 0.6 is 23.2 Å². The van der Waals surface area contributed by atoms with Crippen molar-refractivity contribution in [1.29, 1.82) is 0 Å². The normalized spacial score (nSPS) is 10.4. The van der Waals surface area contributed by atoms with Crippen molar-refractivity contribution in [3.8, 4) is 11.1 Å². The Morgan fingerprint density at radius 2 is 1.44 bits per heavy atom. The first-order valence-corrected chi connectivity index (χ1v) is 5.34. The fourth-order valence-corrected chi connectivity index (χ4v) is 2.02. The molecule has 0 aromatic heterocycles. The van der Waals surface area contributed by atoms with E-state index in [0.29, 0.717) is 21.3 Å². The van der Waals surface area contributed by atoms with E-state index in [0.717, 1.165) is 5.56 Å². The van der Waals surface area contributed by atoms with Crippen molar-refractivity contribution in [1.82, 2.24) is 0 Å². The fraction of sp³-hybridized carbons (Fsp3) is 0. The minimum atomic E-state index is -0.375. The van der Waals surface area contributed by atoms with Crippen LogP contribution in [-0.4, -0.2) is 0 Å². The van der Waals surface area contributed by atoms with Crippen molar-refractivity contribution in [3.63, 3.8) is 0 Å². The van der Waals surface area contributed by atoms with Crippen LogP contribution in [0.3, 0.4) is 0 Å². The first kappa shape index (κ1) is 11.2. The summed E-state index contributed by atoms with van der Waals surface area (Å²) in [5, 5.41) is 0.820. The van der Waals surface area contributed by atoms with Gasteiger partial charge in [-0.2, -0.15) is 0 Å². The number of nitrogens with two attached hydrogens (primary N) is 1. The predicted octanol–water partition coefficient (Wildman–Crippen LogP) is 4.38. The number of halogens is 3. The summed E-state index contributed by atoms with van der Waals surface area (Å²) < 4.78 is 12.9. The summed E-state index contributed by atoms with van der Waals surface area (Å²) in [5.74, 6) is -0.375. The summed E-state index contributed by atoms with van der Waals surface area (Å²) in [6.45, 7) is 0. The zero-order chi connectivity index (χ0) is 11.7. The van der Waals surface area contributed by atoms with E-state index >= 15 is 0 Å². The number of hydrogen-bond donors (Lipinski definition) is 1. The fourth-order valence-electron chi connectivity index (χ4n) is 1.46. The predicted molar refractivity (Wildman–Crippen MR) is 66.3 cm³/mol. The second kappa shape index (κ2) is 4.32. The molecule has 0 aliphatic carbocycles. The maximum atomic E-state index is 12.9. The van der Waals surface area contributed by atoms with Gasteiger partial charge in [0.15, 0.2) is 0 Å². The van der Waals surface area contributed by atoms with E-state index in [1.165, 1.54) is 12.1 Å². The third-order valence-electron chi connectivity index (χ3n) is 2.21. The van der Waals surface area contributed by atoms with Gasteiger partial charge in [-0.05, 0) is 30.3 Å². The highest BCUT2D eigenvalue weighted by atomic mass is 35.5. The number of hydrogen-bond acceptors (Lipinski definition) is 1. The summed E-state index contributed by atoms with van der Waals surface area (Å²) in [6, 6.07) is 9.31. The molecule has 2 rings (SSSR count). The molecule has 82 valence electrons. The zero-order valence-electron chi connectivity index (χ0n) is 8.18. The third kappa shape index (κ3) is 2.13. The van der Waals surface area contributed by atoms with Crippen molar-refractivity contribution >= 4 is 28.9 Å². The second-order valence-corrected chi connectivity index (χ2v) is 4.18. The van der Waals surface area contributed by atoms with Gasteiger partial charge in [-0.3, -0.25) is 0 Å². The number of nitrogen functional groups attached to an aromatic ring is 1. The highest BCUT2D eigenvalue weighted by Gasteiger charge is 2.08. The Morgan fingerprint density at radius 3 is 2.00 bits per heavy atom. The van der Waals surface area contributed by atoms with Crippen molar-refractivity contribution in [2.75, 3.05) is 5.73 Å². The summed E-state index contributed by atoms with van der Waals surface area (Å²) in [4.78, 5) is 0. The van der Waals surface area contributed by atoms with Crippen LogP contribution in [0.5, 0.6) is 0 Å². The van der Waals surface area contributed by atoms with Crippen molar-refractivity contribution in [2.45, 2.75) is 0 Å². The Bertz CT molecular complexity index is 491. The molecule has 0 spiro atoms. The molecule has 0 unspecified atom stereocenters. The lowest BCUT2D eigenvalue weighted by Gasteiger charge is -2.07. The number of anilines is 1. The molecule has 16 heavy (non-hydrogen) atoms. The van der Waals surface area contributed by atoms with Gasteiger partial charge in [0.2, 0.25) is 0 Å². The molecule has 0 radical (unpaired) electrons. The van der Waals surface area contributed by atoms with Crippen LogP contribution < -0.4 is 5.73 Å². The van der Waals surface area contributed by atoms with Crippen LogP contribution in [0.1, 0.15) is 0 Å². The molecule has 0 fully saturated rings. The Hall–Kier alpha value is -1.25. The van der Waals surface area contributed by atoms with E-state index in [-0.39, 0.29) is 5.82 Å². The van der Waals surface area contributed by atoms with Gasteiger partial charge in [-0.1, -0.05) is 29.3 Å². The summed E-state index contributed by atoms with van der Waals surface area (Å²) >= 11 is 12.0. The molecule has 0 bridgehead atoms. The molecule has 0 aliphatic rings. The topological polar surface area (TPSA) is 26.0 Å². The van der Waals surface area contributed by atoms with Gasteiger partial charge >= 0.3 is 0 Å². The minimum Gasteiger partial charge on any atom is -0.399 e. The van der Waals surface area contributed by atoms with E-state index < -0.39 is 0 Å². The number of benzene rings is 2. The van der Waals surface area contributed by atoms with Crippen LogP contribution in [0.2, 0.25) is 10.0 Å². The quantitative estimate of drug-likeness (QED) is 0.752. The summed E-state index contributed by atoms with van der Waals surface area (Å²) in [5.41, 5.74) is 7.59. The monoisotopic (exact) mass is 255 g/mol. The number of rotatable bonds is 1. The SMILES string of the molecule is Nc1ccc(-c2ccc(F)cc2Cl)c(Cl)c1. The molecule has 2 N–H and O–H groups in total. The Kier molecular flexibility index (Phi) is 3.03. The molecule has 2 aromatic carbocycles. The lowest BCUT2D eigenvalue weighted by atomic mass is 10.1. The average Bonchev–Trinajstić information content (AvgIpc) is 2.19. The van der Waals surface area contributed by atoms with E-state index in [4.69, 9.17) is 28.9 Å². The molecule has 1 nitrogen and oxygen atoms in total. The maximum absolute atomic E-state index is 12.9. The Morgan fingerprint density at radius 1 is 0.875 bits per heavy atom. The van der Waals surface area contributed by atoms with Gasteiger partial charge < -0.3 is 5.73 Å². The second-order valence-electron chi connectivity index (χ2n) is 3.36. The third-order valence-corrected chi connectivity index (χ3v) is 2.84. The average molecular weight is 256 g/mol. The summed E-state index contributed by atoms with van der Waals surface area (Å²) in [6.07, 6.45) is 0. The molecule has 0 heterocycles. The minimum absolute atomic E-state index is 0.326. The zero-order valence-corrected chi connectivity index (χ0v) is 9.69. The van der Waals surface area contributed by atoms with E-state index in [2.05, 4.69) is 0 Å². The maximum Gasteiger partial charge on any atom is 0.124 e. The van der Waals surface area contributed by atoms with Crippen LogP contribution in [0.25, 0.3) is 11.1 Å². The van der Waals surface area contributed by atoms with Crippen LogP contribution in [0.4, 0.5) is 10.1 Å². The largest absolute Gasteiger partial charge is 0.399 e. The van der Waals surface area contributed by atoms with Crippen molar-refractivity contribution < 1.29 is 4.39 Å². The highest BCUT2D eigenvalue weighted by Crippen LogP contribution is 2.34. The van der Waals surface area contributed by atoms with Gasteiger partial charge in [0.1, 0.15) is 5.82 Å². The smallest absolute Gasteiger partial charge is 0.124 e. The summed E-state index contributed by atoms with van der Waals surface area (Å²) in [7, 11) is 0. The molecule has 2 aromatic rings. The Labute approximate surface area is 103 Å². The lowest BCUT2D eigenvalue weighted by molar-refractivity contribution is 0.628. The first-order chi connectivity index (χ1) is 7.58. The van der Waals surface area contributed by atoms with E-state index in [9.17, 15) is 4.39 Å². The highest BCUT2D eigenvalue weighted by molar-refractivity contribution is 6.36. The lowest BCUT2D eigenvalue weighted by Crippen LogP contribution is -1.87. The van der Waals surface area contributed by atoms with Gasteiger partial charge in [-0.15, -0.1) is 0 Å². The molecule has 4 heteroatoms. The molecule has 0 aliphatic heterocycles. The van der Waals surface area contributed by atoms with Gasteiger partial charge in [0, 0.05) is 16.8 Å².